The molecule has 3 rings (SSSR count). The van der Waals surface area contributed by atoms with Gasteiger partial charge in [0.15, 0.2) is 0 Å². The zero-order valence-electron chi connectivity index (χ0n) is 13.8. The molecule has 0 spiro atoms. The van der Waals surface area contributed by atoms with Crippen molar-refractivity contribution in [3.05, 3.63) is 53.1 Å². The molecule has 26 heavy (non-hydrogen) atoms. The molecule has 8 heteroatoms. The molecule has 1 aliphatic heterocycles. The molecule has 5 nitrogen and oxygen atoms in total. The molecule has 1 aliphatic carbocycles. The minimum atomic E-state index is -4.46. The summed E-state index contributed by atoms with van der Waals surface area (Å²) in [5, 5.41) is 2.51. The molecule has 3 N–H and O–H groups in total. The smallest absolute Gasteiger partial charge is 0.369 e. The number of nitrogens with two attached hydrogens (primary N) is 1. The number of hydrogen-bond acceptors (Lipinski definition) is 2. The van der Waals surface area contributed by atoms with Gasteiger partial charge in [-0.1, -0.05) is 18.2 Å². The maximum absolute atomic E-state index is 12.8. The summed E-state index contributed by atoms with van der Waals surface area (Å²) in [5.74, 6) is -0.697. The van der Waals surface area contributed by atoms with E-state index in [4.69, 9.17) is 5.73 Å². The number of rotatable bonds is 2. The third-order valence-electron chi connectivity index (χ3n) is 4.54. The van der Waals surface area contributed by atoms with Crippen LogP contribution in [-0.2, 0) is 11.0 Å². The molecule has 0 bridgehead atoms. The van der Waals surface area contributed by atoms with Crippen molar-refractivity contribution in [3.63, 3.8) is 0 Å². The van der Waals surface area contributed by atoms with Crippen LogP contribution < -0.4 is 11.1 Å². The van der Waals surface area contributed by atoms with Crippen molar-refractivity contribution in [2.75, 3.05) is 18.4 Å². The monoisotopic (exact) mass is 365 g/mol. The highest BCUT2D eigenvalue weighted by atomic mass is 19.4. The van der Waals surface area contributed by atoms with Gasteiger partial charge >= 0.3 is 12.2 Å². The molecule has 138 valence electrons. The Morgan fingerprint density at radius 3 is 2.69 bits per heavy atom. The molecule has 1 aromatic rings. The van der Waals surface area contributed by atoms with Crippen molar-refractivity contribution in [2.24, 2.45) is 11.7 Å². The van der Waals surface area contributed by atoms with Crippen LogP contribution in [0, 0.1) is 5.92 Å². The summed E-state index contributed by atoms with van der Waals surface area (Å²) in [6.07, 6.45) is 0.354. The molecule has 1 saturated heterocycles. The highest BCUT2D eigenvalue weighted by Gasteiger charge is 2.31. The molecule has 0 radical (unpaired) electrons. The molecule has 1 atom stereocenters. The third kappa shape index (κ3) is 3.89. The number of halogens is 3. The van der Waals surface area contributed by atoms with Crippen LogP contribution in [0.5, 0.6) is 0 Å². The Kier molecular flexibility index (Phi) is 4.76. The predicted molar refractivity (Wildman–Crippen MR) is 90.1 cm³/mol. The number of anilines is 1. The van der Waals surface area contributed by atoms with Gasteiger partial charge in [-0.2, -0.15) is 13.2 Å². The number of alkyl halides is 3. The van der Waals surface area contributed by atoms with Gasteiger partial charge in [0.1, 0.15) is 0 Å². The third-order valence-corrected chi connectivity index (χ3v) is 4.54. The molecule has 1 heterocycles. The van der Waals surface area contributed by atoms with Crippen LogP contribution in [0.1, 0.15) is 18.4 Å². The van der Waals surface area contributed by atoms with E-state index >= 15 is 0 Å². The van der Waals surface area contributed by atoms with Crippen LogP contribution in [0.3, 0.4) is 0 Å². The second-order valence-electron chi connectivity index (χ2n) is 6.35. The van der Waals surface area contributed by atoms with Crippen molar-refractivity contribution in [2.45, 2.75) is 19.0 Å². The van der Waals surface area contributed by atoms with Crippen molar-refractivity contribution in [3.8, 4) is 0 Å². The number of amides is 3. The van der Waals surface area contributed by atoms with Crippen molar-refractivity contribution in [1.29, 1.82) is 0 Å². The zero-order chi connectivity index (χ0) is 18.9. The molecule has 2 aliphatic rings. The minimum absolute atomic E-state index is 0.0950. The summed E-state index contributed by atoms with van der Waals surface area (Å²) in [4.78, 5) is 25.2. The summed E-state index contributed by atoms with van der Waals surface area (Å²) in [7, 11) is 0. The number of likely N-dealkylation sites (tertiary alicyclic amines) is 1. The Labute approximate surface area is 148 Å². The normalized spacial score (nSPS) is 20.0. The van der Waals surface area contributed by atoms with Crippen LogP contribution in [0.25, 0.3) is 0 Å². The molecule has 0 saturated carbocycles. The van der Waals surface area contributed by atoms with Crippen LogP contribution in [0.2, 0.25) is 0 Å². The first-order chi connectivity index (χ1) is 12.2. The maximum Gasteiger partial charge on any atom is 0.416 e. The van der Waals surface area contributed by atoms with Gasteiger partial charge in [-0.3, -0.25) is 4.79 Å². The van der Waals surface area contributed by atoms with Crippen LogP contribution in [0.4, 0.5) is 23.7 Å². The van der Waals surface area contributed by atoms with Crippen LogP contribution in [0.15, 0.2) is 47.6 Å². The number of nitrogens with one attached hydrogen (secondary N) is 1. The van der Waals surface area contributed by atoms with E-state index in [0.717, 1.165) is 23.3 Å². The number of nitrogens with zero attached hydrogens (tertiary/aromatic N) is 1. The van der Waals surface area contributed by atoms with Crippen LogP contribution >= 0.6 is 0 Å². The van der Waals surface area contributed by atoms with Gasteiger partial charge in [-0.05, 0) is 42.2 Å². The Morgan fingerprint density at radius 1 is 1.23 bits per heavy atom. The largest absolute Gasteiger partial charge is 0.416 e. The average molecular weight is 365 g/mol. The van der Waals surface area contributed by atoms with Gasteiger partial charge in [0.25, 0.3) is 0 Å². The quantitative estimate of drug-likeness (QED) is 0.844. The summed E-state index contributed by atoms with van der Waals surface area (Å²) >= 11 is 0. The molecule has 0 aromatic heterocycles. The lowest BCUT2D eigenvalue weighted by atomic mass is 9.86. The number of piperidine rings is 1. The number of carbonyl (C=O) groups excluding carboxylic acids is 2. The van der Waals surface area contributed by atoms with E-state index in [1.165, 1.54) is 17.0 Å². The topological polar surface area (TPSA) is 75.4 Å². The van der Waals surface area contributed by atoms with Gasteiger partial charge in [-0.25, -0.2) is 4.79 Å². The lowest BCUT2D eigenvalue weighted by Crippen LogP contribution is -2.41. The second kappa shape index (κ2) is 6.86. The average Bonchev–Trinajstić information content (AvgIpc) is 2.60. The lowest BCUT2D eigenvalue weighted by molar-refractivity contribution is -0.137. The van der Waals surface area contributed by atoms with E-state index in [1.807, 2.05) is 12.2 Å². The van der Waals surface area contributed by atoms with Crippen molar-refractivity contribution < 1.29 is 22.8 Å². The predicted octanol–water partition coefficient (Wildman–Crippen LogP) is 3.30. The van der Waals surface area contributed by atoms with Crippen LogP contribution in [-0.4, -0.2) is 29.9 Å². The number of carbonyl (C=O) groups is 2. The van der Waals surface area contributed by atoms with Gasteiger partial charge in [0, 0.05) is 18.8 Å². The van der Waals surface area contributed by atoms with Crippen molar-refractivity contribution in [1.82, 2.24) is 4.90 Å². The van der Waals surface area contributed by atoms with Gasteiger partial charge in [0.05, 0.1) is 11.5 Å². The lowest BCUT2D eigenvalue weighted by Gasteiger charge is -2.33. The first kappa shape index (κ1) is 18.0. The first-order valence-corrected chi connectivity index (χ1v) is 8.16. The van der Waals surface area contributed by atoms with Crippen molar-refractivity contribution >= 4 is 17.6 Å². The Hall–Kier alpha value is -2.77. The summed E-state index contributed by atoms with van der Waals surface area (Å²) in [6.45, 7) is 0.765. The highest BCUT2D eigenvalue weighted by Crippen LogP contribution is 2.32. The van der Waals surface area contributed by atoms with E-state index in [0.29, 0.717) is 25.9 Å². The standard InChI is InChI=1S/C18H18F3N3O2/c19-18(20,21)14-2-1-3-15(9-14)23-17(26)24-7-6-11-8-12(16(22)25)4-5-13(11)10-24/h1-3,5,8-9,12H,4,6-7,10H2,(H2,22,25)(H,23,26). The number of allylic oxidation sites excluding steroid dienone is 1. The van der Waals surface area contributed by atoms with Gasteiger partial charge in [0.2, 0.25) is 5.91 Å². The second-order valence-corrected chi connectivity index (χ2v) is 6.35. The van der Waals surface area contributed by atoms with Gasteiger partial charge < -0.3 is 16.0 Å². The maximum atomic E-state index is 12.8. The Bertz CT molecular complexity index is 799. The Morgan fingerprint density at radius 2 is 2.00 bits per heavy atom. The zero-order valence-corrected chi connectivity index (χ0v) is 13.8. The summed E-state index contributed by atoms with van der Waals surface area (Å²) in [6, 6.07) is 4.07. The fraction of sp³-hybridized carbons (Fsp3) is 0.333. The van der Waals surface area contributed by atoms with E-state index in [9.17, 15) is 22.8 Å². The SMILES string of the molecule is NC(=O)C1C=C2CCN(C(=O)Nc3cccc(C(F)(F)F)c3)CC2=CC1. The number of primary amides is 1. The fourth-order valence-electron chi connectivity index (χ4n) is 3.12. The molecule has 1 fully saturated rings. The number of benzene rings is 1. The van der Waals surface area contributed by atoms with Gasteiger partial charge in [-0.15, -0.1) is 0 Å². The number of fused-ring (bicyclic) bond motifs is 1. The molecule has 1 aromatic carbocycles. The fourth-order valence-corrected chi connectivity index (χ4v) is 3.12. The minimum Gasteiger partial charge on any atom is -0.369 e. The van der Waals surface area contributed by atoms with E-state index < -0.39 is 17.8 Å². The number of urea groups is 1. The highest BCUT2D eigenvalue weighted by molar-refractivity contribution is 5.90. The summed E-state index contributed by atoms with van der Waals surface area (Å²) < 4.78 is 38.3. The molecular weight excluding hydrogens is 347 g/mol. The molecule has 1 unspecified atom stereocenters. The van der Waals surface area contributed by atoms with E-state index in [-0.39, 0.29) is 17.5 Å². The molecule has 3 amide bonds. The summed E-state index contributed by atoms with van der Waals surface area (Å²) in [5.41, 5.74) is 6.56. The van der Waals surface area contributed by atoms with E-state index in [2.05, 4.69) is 5.32 Å². The number of hydrogen-bond donors (Lipinski definition) is 2. The first-order valence-electron chi connectivity index (χ1n) is 8.16. The molecular formula is C18H18F3N3O2. The van der Waals surface area contributed by atoms with E-state index in [1.54, 1.807) is 0 Å². The Balaban J connectivity index is 1.66.